The van der Waals surface area contributed by atoms with E-state index in [1.807, 2.05) is 12.1 Å². The summed E-state index contributed by atoms with van der Waals surface area (Å²) in [5, 5.41) is 0.995. The van der Waals surface area contributed by atoms with Crippen molar-refractivity contribution in [1.82, 2.24) is 0 Å². The van der Waals surface area contributed by atoms with Crippen LogP contribution in [-0.4, -0.2) is 0 Å². The molecule has 0 aliphatic rings. The second-order valence-electron chi connectivity index (χ2n) is 1.97. The van der Waals surface area contributed by atoms with Crippen molar-refractivity contribution < 1.29 is 0 Å². The summed E-state index contributed by atoms with van der Waals surface area (Å²) >= 11 is 0. The summed E-state index contributed by atoms with van der Waals surface area (Å²) < 4.78 is 0. The lowest BCUT2D eigenvalue weighted by molar-refractivity contribution is 0.927. The lowest BCUT2D eigenvalue weighted by Crippen LogP contribution is -2.38. The van der Waals surface area contributed by atoms with E-state index in [1.54, 1.807) is 12.1 Å². The third-order valence-electron chi connectivity index (χ3n) is 1.21. The van der Waals surface area contributed by atoms with Gasteiger partial charge in [-0.15, -0.1) is 24.8 Å². The van der Waals surface area contributed by atoms with Crippen LogP contribution in [0.4, 0.5) is 11.4 Å². The standard InChI is InChI=1S/C6H10N4.2ClH/c7-5-3-1-2-4-6(5)10(8)9;;/h1-4H,7-9H2;2*1H. The van der Waals surface area contributed by atoms with Crippen LogP contribution in [0.2, 0.25) is 0 Å². The number of nitrogen functional groups attached to an aromatic ring is 1. The molecule has 0 heterocycles. The minimum absolute atomic E-state index is 0. The van der Waals surface area contributed by atoms with E-state index in [0.717, 1.165) is 5.12 Å². The Bertz CT molecular complexity index is 229. The Morgan fingerprint density at radius 3 is 1.83 bits per heavy atom. The highest BCUT2D eigenvalue weighted by Crippen LogP contribution is 2.16. The van der Waals surface area contributed by atoms with Gasteiger partial charge >= 0.3 is 0 Å². The molecule has 0 aromatic heterocycles. The van der Waals surface area contributed by atoms with Crippen LogP contribution >= 0.6 is 24.8 Å². The maximum atomic E-state index is 5.52. The molecule has 0 saturated carbocycles. The second kappa shape index (κ2) is 5.91. The summed E-state index contributed by atoms with van der Waals surface area (Å²) in [5.41, 5.74) is 6.72. The lowest BCUT2D eigenvalue weighted by atomic mass is 10.3. The number of para-hydroxylation sites is 2. The molecule has 0 fully saturated rings. The van der Waals surface area contributed by atoms with Crippen LogP contribution in [-0.2, 0) is 0 Å². The van der Waals surface area contributed by atoms with Crippen LogP contribution in [0.1, 0.15) is 0 Å². The third kappa shape index (κ3) is 3.15. The van der Waals surface area contributed by atoms with Crippen molar-refractivity contribution in [2.75, 3.05) is 10.9 Å². The van der Waals surface area contributed by atoms with Crippen molar-refractivity contribution in [2.45, 2.75) is 0 Å². The van der Waals surface area contributed by atoms with Gasteiger partial charge in [-0.25, -0.2) is 16.8 Å². The third-order valence-corrected chi connectivity index (χ3v) is 1.21. The summed E-state index contributed by atoms with van der Waals surface area (Å²) in [7, 11) is 0. The van der Waals surface area contributed by atoms with Crippen LogP contribution in [0, 0.1) is 0 Å². The Kier molecular flexibility index (Phi) is 6.83. The molecule has 1 rings (SSSR count). The highest BCUT2D eigenvalue weighted by molar-refractivity contribution is 5.85. The summed E-state index contributed by atoms with van der Waals surface area (Å²) in [5.74, 6) is 10.5. The number of hydrogen-bond acceptors (Lipinski definition) is 4. The molecule has 1 aromatic rings. The summed E-state index contributed by atoms with van der Waals surface area (Å²) in [4.78, 5) is 0. The minimum Gasteiger partial charge on any atom is -0.397 e. The van der Waals surface area contributed by atoms with Crippen LogP contribution in [0.25, 0.3) is 0 Å². The Balaban J connectivity index is 0. The van der Waals surface area contributed by atoms with Crippen LogP contribution < -0.4 is 22.5 Å². The molecule has 0 aliphatic carbocycles. The molecule has 0 atom stereocenters. The predicted octanol–water partition coefficient (Wildman–Crippen LogP) is 0.666. The zero-order valence-electron chi connectivity index (χ0n) is 6.31. The van der Waals surface area contributed by atoms with Crippen molar-refractivity contribution in [3.05, 3.63) is 24.3 Å². The number of nitrogens with zero attached hydrogens (tertiary/aromatic N) is 1. The predicted molar refractivity (Wildman–Crippen MR) is 56.2 cm³/mol. The molecule has 0 unspecified atom stereocenters. The van der Waals surface area contributed by atoms with E-state index < -0.39 is 0 Å². The van der Waals surface area contributed by atoms with Crippen molar-refractivity contribution in [3.63, 3.8) is 0 Å². The molecular formula is C6H12Cl2N4. The largest absolute Gasteiger partial charge is 0.397 e. The molecule has 12 heavy (non-hydrogen) atoms. The number of benzene rings is 1. The highest BCUT2D eigenvalue weighted by Gasteiger charge is 1.97. The molecule has 4 nitrogen and oxygen atoms in total. The van der Waals surface area contributed by atoms with Gasteiger partial charge in [0.25, 0.3) is 0 Å². The van der Waals surface area contributed by atoms with Crippen molar-refractivity contribution >= 4 is 36.2 Å². The molecule has 0 bridgehead atoms. The van der Waals surface area contributed by atoms with Gasteiger partial charge in [0.2, 0.25) is 0 Å². The van der Waals surface area contributed by atoms with E-state index in [2.05, 4.69) is 0 Å². The molecule has 0 spiro atoms. The lowest BCUT2D eigenvalue weighted by Gasteiger charge is -2.12. The summed E-state index contributed by atoms with van der Waals surface area (Å²) in [6.45, 7) is 0. The number of hydrazine groups is 2. The van der Waals surface area contributed by atoms with E-state index in [9.17, 15) is 0 Å². The molecule has 0 radical (unpaired) electrons. The van der Waals surface area contributed by atoms with Gasteiger partial charge in [0.05, 0.1) is 11.4 Å². The minimum atomic E-state index is 0. The molecule has 0 saturated heterocycles. The molecule has 0 aliphatic heterocycles. The van der Waals surface area contributed by atoms with Crippen molar-refractivity contribution in [2.24, 2.45) is 11.7 Å². The smallest absolute Gasteiger partial charge is 0.0926 e. The first-order valence-electron chi connectivity index (χ1n) is 2.86. The van der Waals surface area contributed by atoms with E-state index in [0.29, 0.717) is 11.4 Å². The van der Waals surface area contributed by atoms with Crippen LogP contribution in [0.5, 0.6) is 0 Å². The summed E-state index contributed by atoms with van der Waals surface area (Å²) in [6.07, 6.45) is 0. The van der Waals surface area contributed by atoms with Gasteiger partial charge in [0.15, 0.2) is 0 Å². The van der Waals surface area contributed by atoms with E-state index in [1.165, 1.54) is 0 Å². The monoisotopic (exact) mass is 210 g/mol. The first-order chi connectivity index (χ1) is 4.72. The zero-order chi connectivity index (χ0) is 7.56. The SMILES string of the molecule is Cl.Cl.Nc1ccccc1N(N)N. The van der Waals surface area contributed by atoms with Crippen molar-refractivity contribution in [1.29, 1.82) is 0 Å². The fourth-order valence-electron chi connectivity index (χ4n) is 0.723. The van der Waals surface area contributed by atoms with E-state index in [4.69, 9.17) is 17.4 Å². The van der Waals surface area contributed by atoms with Gasteiger partial charge in [0, 0.05) is 0 Å². The number of hydrogen-bond donors (Lipinski definition) is 3. The Hall–Kier alpha value is -0.680. The quantitative estimate of drug-likeness (QED) is 0.362. The van der Waals surface area contributed by atoms with E-state index in [-0.39, 0.29) is 24.8 Å². The Morgan fingerprint density at radius 1 is 1.00 bits per heavy atom. The number of rotatable bonds is 1. The van der Waals surface area contributed by atoms with E-state index >= 15 is 0 Å². The van der Waals surface area contributed by atoms with Gasteiger partial charge in [-0.3, -0.25) is 0 Å². The topological polar surface area (TPSA) is 81.3 Å². The van der Waals surface area contributed by atoms with Crippen molar-refractivity contribution in [3.8, 4) is 0 Å². The fraction of sp³-hybridized carbons (Fsp3) is 0. The van der Waals surface area contributed by atoms with Gasteiger partial charge < -0.3 is 5.73 Å². The highest BCUT2D eigenvalue weighted by atomic mass is 35.5. The average Bonchev–Trinajstić information content (AvgIpc) is 1.88. The first-order valence-corrected chi connectivity index (χ1v) is 2.86. The van der Waals surface area contributed by atoms with Gasteiger partial charge in [0.1, 0.15) is 0 Å². The molecule has 70 valence electrons. The van der Waals surface area contributed by atoms with Crippen LogP contribution in [0.15, 0.2) is 24.3 Å². The maximum absolute atomic E-state index is 5.52. The maximum Gasteiger partial charge on any atom is 0.0926 e. The zero-order valence-corrected chi connectivity index (χ0v) is 7.94. The number of nitrogens with two attached hydrogens (primary N) is 3. The normalized spacial score (nSPS) is 7.83. The molecule has 0 amide bonds. The molecular weight excluding hydrogens is 199 g/mol. The van der Waals surface area contributed by atoms with Gasteiger partial charge in [-0.1, -0.05) is 12.1 Å². The average molecular weight is 211 g/mol. The Morgan fingerprint density at radius 2 is 1.50 bits per heavy atom. The molecule has 1 aromatic carbocycles. The van der Waals surface area contributed by atoms with Crippen LogP contribution in [0.3, 0.4) is 0 Å². The number of anilines is 2. The molecule has 6 N–H and O–H groups in total. The van der Waals surface area contributed by atoms with Gasteiger partial charge in [-0.2, -0.15) is 0 Å². The summed E-state index contributed by atoms with van der Waals surface area (Å²) in [6, 6.07) is 7.12. The fourth-order valence-corrected chi connectivity index (χ4v) is 0.723. The Labute approximate surface area is 83.5 Å². The molecule has 6 heteroatoms. The number of halogens is 2. The second-order valence-corrected chi connectivity index (χ2v) is 1.97. The van der Waals surface area contributed by atoms with Gasteiger partial charge in [-0.05, 0) is 12.1 Å². The first kappa shape index (κ1) is 13.9.